The van der Waals surface area contributed by atoms with E-state index in [0.29, 0.717) is 22.9 Å². The summed E-state index contributed by atoms with van der Waals surface area (Å²) in [5.41, 5.74) is 0.641. The standard InChI is InChI=1S/C15H18ClNO4/c1-2-3-8-17-14(18)10-21-13-6-4-11(9-12(13)16)5-7-15(19)20/h4-7,9H,2-3,8,10H2,1H3,(H,17,18)(H,19,20). The number of carbonyl (C=O) groups excluding carboxylic acids is 1. The Morgan fingerprint density at radius 1 is 1.43 bits per heavy atom. The molecule has 1 aromatic rings. The third-order valence-corrected chi connectivity index (χ3v) is 2.88. The molecule has 2 N–H and O–H groups in total. The highest BCUT2D eigenvalue weighted by Crippen LogP contribution is 2.25. The minimum Gasteiger partial charge on any atom is -0.482 e. The van der Waals surface area contributed by atoms with Crippen molar-refractivity contribution >= 4 is 29.6 Å². The molecule has 114 valence electrons. The van der Waals surface area contributed by atoms with E-state index in [-0.39, 0.29) is 12.5 Å². The van der Waals surface area contributed by atoms with E-state index in [1.165, 1.54) is 6.08 Å². The van der Waals surface area contributed by atoms with Gasteiger partial charge in [-0.3, -0.25) is 4.79 Å². The summed E-state index contributed by atoms with van der Waals surface area (Å²) in [6.45, 7) is 2.57. The number of carbonyl (C=O) groups is 2. The van der Waals surface area contributed by atoms with Gasteiger partial charge in [-0.15, -0.1) is 0 Å². The van der Waals surface area contributed by atoms with Crippen molar-refractivity contribution < 1.29 is 19.4 Å². The number of unbranched alkanes of at least 4 members (excludes halogenated alkanes) is 1. The Hall–Kier alpha value is -2.01. The van der Waals surface area contributed by atoms with Crippen LogP contribution in [0.5, 0.6) is 5.75 Å². The van der Waals surface area contributed by atoms with Gasteiger partial charge in [-0.2, -0.15) is 0 Å². The van der Waals surface area contributed by atoms with Gasteiger partial charge < -0.3 is 15.2 Å². The van der Waals surface area contributed by atoms with Crippen molar-refractivity contribution in [3.8, 4) is 5.75 Å². The molecule has 1 amide bonds. The average molecular weight is 312 g/mol. The molecular weight excluding hydrogens is 294 g/mol. The predicted octanol–water partition coefficient (Wildman–Crippen LogP) is 2.73. The van der Waals surface area contributed by atoms with Gasteiger partial charge in [0.05, 0.1) is 5.02 Å². The third-order valence-electron chi connectivity index (χ3n) is 2.59. The molecule has 0 bridgehead atoms. The first-order chi connectivity index (χ1) is 10.0. The highest BCUT2D eigenvalue weighted by atomic mass is 35.5. The fourth-order valence-electron chi connectivity index (χ4n) is 1.50. The van der Waals surface area contributed by atoms with Crippen LogP contribution in [0.2, 0.25) is 5.02 Å². The Morgan fingerprint density at radius 2 is 2.19 bits per heavy atom. The molecule has 0 saturated carbocycles. The second-order valence-corrected chi connectivity index (χ2v) is 4.76. The van der Waals surface area contributed by atoms with Crippen molar-refractivity contribution in [1.82, 2.24) is 5.32 Å². The van der Waals surface area contributed by atoms with Gasteiger partial charge in [0.25, 0.3) is 5.91 Å². The Morgan fingerprint density at radius 3 is 2.81 bits per heavy atom. The maximum absolute atomic E-state index is 11.5. The van der Waals surface area contributed by atoms with Crippen LogP contribution in [0, 0.1) is 0 Å². The number of hydrogen-bond acceptors (Lipinski definition) is 3. The van der Waals surface area contributed by atoms with Crippen LogP contribution in [-0.4, -0.2) is 30.1 Å². The molecule has 0 aliphatic heterocycles. The lowest BCUT2D eigenvalue weighted by Crippen LogP contribution is -2.29. The van der Waals surface area contributed by atoms with E-state index < -0.39 is 5.97 Å². The number of aliphatic carboxylic acids is 1. The summed E-state index contributed by atoms with van der Waals surface area (Å²) in [5.74, 6) is -0.848. The fraction of sp³-hybridized carbons (Fsp3) is 0.333. The molecular formula is C15H18ClNO4. The van der Waals surface area contributed by atoms with Crippen LogP contribution in [0.3, 0.4) is 0 Å². The van der Waals surface area contributed by atoms with E-state index in [4.69, 9.17) is 21.4 Å². The quantitative estimate of drug-likeness (QED) is 0.572. The van der Waals surface area contributed by atoms with Gasteiger partial charge in [-0.25, -0.2) is 4.79 Å². The lowest BCUT2D eigenvalue weighted by Gasteiger charge is -2.09. The van der Waals surface area contributed by atoms with Crippen molar-refractivity contribution in [1.29, 1.82) is 0 Å². The minimum atomic E-state index is -1.03. The number of carboxylic acid groups (broad SMARTS) is 1. The smallest absolute Gasteiger partial charge is 0.328 e. The zero-order valence-electron chi connectivity index (χ0n) is 11.8. The zero-order chi connectivity index (χ0) is 15.7. The van der Waals surface area contributed by atoms with Gasteiger partial charge >= 0.3 is 5.97 Å². The first-order valence-corrected chi connectivity index (χ1v) is 7.00. The van der Waals surface area contributed by atoms with E-state index >= 15 is 0 Å². The molecule has 21 heavy (non-hydrogen) atoms. The molecule has 0 saturated heterocycles. The number of ether oxygens (including phenoxy) is 1. The first-order valence-electron chi connectivity index (χ1n) is 6.63. The molecule has 0 aliphatic carbocycles. The summed E-state index contributed by atoms with van der Waals surface area (Å²) in [6, 6.07) is 4.84. The Kier molecular flexibility index (Phi) is 7.32. The van der Waals surface area contributed by atoms with Gasteiger partial charge in [0.15, 0.2) is 6.61 Å². The lowest BCUT2D eigenvalue weighted by atomic mass is 10.2. The molecule has 0 fully saturated rings. The number of carboxylic acids is 1. The molecule has 5 nitrogen and oxygen atoms in total. The Bertz CT molecular complexity index is 528. The van der Waals surface area contributed by atoms with E-state index in [2.05, 4.69) is 5.32 Å². The number of halogens is 1. The molecule has 0 atom stereocenters. The number of benzene rings is 1. The van der Waals surface area contributed by atoms with Crippen LogP contribution in [0.1, 0.15) is 25.3 Å². The molecule has 0 radical (unpaired) electrons. The van der Waals surface area contributed by atoms with E-state index in [1.54, 1.807) is 18.2 Å². The molecule has 0 unspecified atom stereocenters. The van der Waals surface area contributed by atoms with Crippen LogP contribution in [-0.2, 0) is 9.59 Å². The summed E-state index contributed by atoms with van der Waals surface area (Å²) in [6.07, 6.45) is 4.39. The Balaban J connectivity index is 2.53. The number of amides is 1. The molecule has 0 aromatic heterocycles. The number of hydrogen-bond donors (Lipinski definition) is 2. The van der Waals surface area contributed by atoms with Crippen LogP contribution in [0.25, 0.3) is 6.08 Å². The van der Waals surface area contributed by atoms with E-state index in [9.17, 15) is 9.59 Å². The lowest BCUT2D eigenvalue weighted by molar-refractivity contribution is -0.131. The van der Waals surface area contributed by atoms with Crippen LogP contribution in [0.15, 0.2) is 24.3 Å². The van der Waals surface area contributed by atoms with Gasteiger partial charge in [-0.05, 0) is 30.2 Å². The molecule has 0 spiro atoms. The molecule has 0 aliphatic rings. The van der Waals surface area contributed by atoms with Gasteiger partial charge in [0, 0.05) is 12.6 Å². The summed E-state index contributed by atoms with van der Waals surface area (Å²) in [4.78, 5) is 21.9. The van der Waals surface area contributed by atoms with E-state index in [1.807, 2.05) is 6.92 Å². The molecule has 1 rings (SSSR count). The summed E-state index contributed by atoms with van der Waals surface area (Å²) < 4.78 is 5.33. The van der Waals surface area contributed by atoms with Crippen LogP contribution in [0.4, 0.5) is 0 Å². The summed E-state index contributed by atoms with van der Waals surface area (Å²) in [5, 5.41) is 11.6. The predicted molar refractivity (Wildman–Crippen MR) is 81.5 cm³/mol. The first kappa shape index (κ1) is 17.0. The van der Waals surface area contributed by atoms with Crippen molar-refractivity contribution in [2.24, 2.45) is 0 Å². The second-order valence-electron chi connectivity index (χ2n) is 4.35. The van der Waals surface area contributed by atoms with Crippen molar-refractivity contribution in [2.75, 3.05) is 13.2 Å². The highest BCUT2D eigenvalue weighted by Gasteiger charge is 2.06. The highest BCUT2D eigenvalue weighted by molar-refractivity contribution is 6.32. The molecule has 1 aromatic carbocycles. The van der Waals surface area contributed by atoms with Gasteiger partial charge in [0.1, 0.15) is 5.75 Å². The van der Waals surface area contributed by atoms with Crippen molar-refractivity contribution in [3.63, 3.8) is 0 Å². The number of rotatable bonds is 8. The SMILES string of the molecule is CCCCNC(=O)COc1ccc(C=CC(=O)O)cc1Cl. The van der Waals surface area contributed by atoms with Crippen molar-refractivity contribution in [2.45, 2.75) is 19.8 Å². The monoisotopic (exact) mass is 311 g/mol. The largest absolute Gasteiger partial charge is 0.482 e. The van der Waals surface area contributed by atoms with Crippen LogP contribution >= 0.6 is 11.6 Å². The fourth-order valence-corrected chi connectivity index (χ4v) is 1.75. The van der Waals surface area contributed by atoms with Crippen LogP contribution < -0.4 is 10.1 Å². The Labute approximate surface area is 128 Å². The van der Waals surface area contributed by atoms with Crippen molar-refractivity contribution in [3.05, 3.63) is 34.9 Å². The summed E-state index contributed by atoms with van der Waals surface area (Å²) in [7, 11) is 0. The number of nitrogens with one attached hydrogen (secondary N) is 1. The molecule has 6 heteroatoms. The molecule has 0 heterocycles. The second kappa shape index (κ2) is 9.02. The van der Waals surface area contributed by atoms with Gasteiger partial charge in [-0.1, -0.05) is 31.0 Å². The zero-order valence-corrected chi connectivity index (χ0v) is 12.5. The maximum Gasteiger partial charge on any atom is 0.328 e. The van der Waals surface area contributed by atoms with E-state index in [0.717, 1.165) is 18.9 Å². The normalized spacial score (nSPS) is 10.6. The van der Waals surface area contributed by atoms with Gasteiger partial charge in [0.2, 0.25) is 0 Å². The third kappa shape index (κ3) is 6.81. The topological polar surface area (TPSA) is 75.6 Å². The maximum atomic E-state index is 11.5. The summed E-state index contributed by atoms with van der Waals surface area (Å²) >= 11 is 6.02. The minimum absolute atomic E-state index is 0.103. The average Bonchev–Trinajstić information content (AvgIpc) is 2.44.